The molecular weight excluding hydrogens is 422 g/mol. The van der Waals surface area contributed by atoms with Gasteiger partial charge in [0.05, 0.1) is 16.6 Å². The number of nitrogens with one attached hydrogen (secondary N) is 2. The number of hydrogen-bond acceptors (Lipinski definition) is 2. The number of benzene rings is 3. The lowest BCUT2D eigenvalue weighted by atomic mass is 9.95. The second kappa shape index (κ2) is 7.06. The number of nitrogens with zero attached hydrogens (tertiary/aromatic N) is 1. The quantitative estimate of drug-likeness (QED) is 0.241. The molecule has 7 rings (SSSR count). The van der Waals surface area contributed by atoms with Crippen molar-refractivity contribution in [1.29, 1.82) is 0 Å². The van der Waals surface area contributed by atoms with Gasteiger partial charge in [0.25, 0.3) is 0 Å². The first-order valence-electron chi connectivity index (χ1n) is 11.6. The summed E-state index contributed by atoms with van der Waals surface area (Å²) in [6, 6.07) is 22.9. The molecule has 0 spiro atoms. The Morgan fingerprint density at radius 3 is 2.44 bits per heavy atom. The Morgan fingerprint density at radius 2 is 1.59 bits per heavy atom. The fourth-order valence-electron chi connectivity index (χ4n) is 5.59. The van der Waals surface area contributed by atoms with Gasteiger partial charge in [-0.1, -0.05) is 54.6 Å². The average Bonchev–Trinajstić information content (AvgIpc) is 3.53. The second-order valence-corrected chi connectivity index (χ2v) is 9.05. The van der Waals surface area contributed by atoms with Crippen LogP contribution in [-0.2, 0) is 13.0 Å². The molecule has 0 saturated carbocycles. The molecule has 4 N–H and O–H groups in total. The monoisotopic (exact) mass is 445 g/mol. The maximum absolute atomic E-state index is 11.0. The van der Waals surface area contributed by atoms with Gasteiger partial charge < -0.3 is 19.8 Å². The molecule has 0 bridgehead atoms. The zero-order chi connectivity index (χ0) is 22.8. The lowest BCUT2D eigenvalue weighted by Gasteiger charge is -2.14. The van der Waals surface area contributed by atoms with E-state index in [1.807, 2.05) is 24.4 Å². The summed E-state index contributed by atoms with van der Waals surface area (Å²) in [7, 11) is 0. The molecule has 0 fully saturated rings. The Kier molecular flexibility index (Phi) is 3.97. The molecule has 4 heterocycles. The third-order valence-electron chi connectivity index (χ3n) is 7.11. The van der Waals surface area contributed by atoms with E-state index in [1.165, 1.54) is 11.1 Å². The van der Waals surface area contributed by atoms with Crippen molar-refractivity contribution in [3.8, 4) is 45.1 Å². The van der Waals surface area contributed by atoms with E-state index in [0.29, 0.717) is 11.1 Å². The van der Waals surface area contributed by atoms with Gasteiger partial charge in [-0.05, 0) is 41.7 Å². The molecule has 1 aliphatic rings. The molecule has 1 aliphatic heterocycles. The fraction of sp³-hybridized carbons (Fsp3) is 0.103. The summed E-state index contributed by atoms with van der Waals surface area (Å²) in [5.41, 5.74) is 8.77. The molecule has 34 heavy (non-hydrogen) atoms. The van der Waals surface area contributed by atoms with Crippen molar-refractivity contribution in [3.63, 3.8) is 0 Å². The summed E-state index contributed by atoms with van der Waals surface area (Å²) >= 11 is 0. The first kappa shape index (κ1) is 19.1. The molecule has 0 saturated heterocycles. The zero-order valence-corrected chi connectivity index (χ0v) is 18.5. The molecular formula is C29H23N3O2. The van der Waals surface area contributed by atoms with Gasteiger partial charge in [0, 0.05) is 46.4 Å². The maximum Gasteiger partial charge on any atom is 0.200 e. The van der Waals surface area contributed by atoms with E-state index in [2.05, 4.69) is 69.3 Å². The minimum Gasteiger partial charge on any atom is -0.494 e. The molecule has 166 valence electrons. The van der Waals surface area contributed by atoms with E-state index in [-0.39, 0.29) is 11.8 Å². The van der Waals surface area contributed by atoms with Crippen molar-refractivity contribution < 1.29 is 10.2 Å². The first-order chi connectivity index (χ1) is 16.7. The summed E-state index contributed by atoms with van der Waals surface area (Å²) in [4.78, 5) is 6.13. The number of H-pyrrole nitrogens is 2. The molecule has 0 amide bonds. The van der Waals surface area contributed by atoms with Gasteiger partial charge in [-0.25, -0.2) is 0 Å². The van der Waals surface area contributed by atoms with Gasteiger partial charge in [-0.15, -0.1) is 0 Å². The van der Waals surface area contributed by atoms with Crippen LogP contribution in [0.25, 0.3) is 55.2 Å². The van der Waals surface area contributed by atoms with Gasteiger partial charge in [0.15, 0.2) is 11.8 Å². The van der Waals surface area contributed by atoms with Crippen LogP contribution in [0.15, 0.2) is 79.1 Å². The summed E-state index contributed by atoms with van der Waals surface area (Å²) in [5, 5.41) is 24.0. The minimum atomic E-state index is -0.0366. The minimum absolute atomic E-state index is 0.0234. The number of fused-ring (bicyclic) bond motifs is 1. The molecule has 6 aromatic rings. The average molecular weight is 446 g/mol. The Morgan fingerprint density at radius 1 is 0.765 bits per heavy atom. The highest BCUT2D eigenvalue weighted by molar-refractivity contribution is 6.08. The third-order valence-corrected chi connectivity index (χ3v) is 7.11. The van der Waals surface area contributed by atoms with Crippen molar-refractivity contribution in [1.82, 2.24) is 14.5 Å². The molecule has 5 heteroatoms. The Bertz CT molecular complexity index is 1700. The van der Waals surface area contributed by atoms with Crippen LogP contribution in [-0.4, -0.2) is 24.7 Å². The number of para-hydroxylation sites is 1. The molecule has 0 unspecified atom stereocenters. The van der Waals surface area contributed by atoms with E-state index in [4.69, 9.17) is 0 Å². The fourth-order valence-corrected chi connectivity index (χ4v) is 5.59. The lowest BCUT2D eigenvalue weighted by molar-refractivity contribution is 0.426. The van der Waals surface area contributed by atoms with Crippen LogP contribution in [0.5, 0.6) is 11.8 Å². The Balaban J connectivity index is 1.48. The van der Waals surface area contributed by atoms with Gasteiger partial charge in [-0.3, -0.25) is 4.98 Å². The molecule has 5 nitrogen and oxygen atoms in total. The third kappa shape index (κ3) is 2.67. The van der Waals surface area contributed by atoms with Crippen LogP contribution < -0.4 is 0 Å². The van der Waals surface area contributed by atoms with Crippen LogP contribution in [0.2, 0.25) is 0 Å². The summed E-state index contributed by atoms with van der Waals surface area (Å²) < 4.78 is 2.28. The van der Waals surface area contributed by atoms with Crippen LogP contribution in [0, 0.1) is 0 Å². The van der Waals surface area contributed by atoms with Gasteiger partial charge in [0.2, 0.25) is 0 Å². The van der Waals surface area contributed by atoms with Gasteiger partial charge in [-0.2, -0.15) is 0 Å². The van der Waals surface area contributed by atoms with Gasteiger partial charge in [0.1, 0.15) is 0 Å². The van der Waals surface area contributed by atoms with Gasteiger partial charge >= 0.3 is 0 Å². The highest BCUT2D eigenvalue weighted by atomic mass is 16.3. The largest absolute Gasteiger partial charge is 0.494 e. The zero-order valence-electron chi connectivity index (χ0n) is 18.5. The predicted molar refractivity (Wildman–Crippen MR) is 136 cm³/mol. The smallest absolute Gasteiger partial charge is 0.200 e. The number of rotatable bonds is 3. The molecule has 0 radical (unpaired) electrons. The molecule has 0 atom stereocenters. The summed E-state index contributed by atoms with van der Waals surface area (Å²) in [5.74, 6) is -0.0600. The Labute approximate surface area is 195 Å². The van der Waals surface area contributed by atoms with Crippen molar-refractivity contribution in [3.05, 3.63) is 84.7 Å². The number of aromatic hydroxyl groups is 2. The normalized spacial score (nSPS) is 13.2. The summed E-state index contributed by atoms with van der Waals surface area (Å²) in [6.45, 7) is 0.952. The van der Waals surface area contributed by atoms with E-state index >= 15 is 0 Å². The highest BCUT2D eigenvalue weighted by Gasteiger charge is 2.26. The van der Waals surface area contributed by atoms with Crippen molar-refractivity contribution >= 4 is 21.8 Å². The first-order valence-corrected chi connectivity index (χ1v) is 11.6. The van der Waals surface area contributed by atoms with E-state index in [0.717, 1.165) is 57.9 Å². The highest BCUT2D eigenvalue weighted by Crippen LogP contribution is 2.49. The molecule has 3 aromatic heterocycles. The van der Waals surface area contributed by atoms with Crippen LogP contribution in [0.1, 0.15) is 12.0 Å². The number of aromatic nitrogens is 3. The Hall–Kier alpha value is -4.38. The number of aryl methyl sites for hydroxylation is 2. The predicted octanol–water partition coefficient (Wildman–Crippen LogP) is 6.81. The van der Waals surface area contributed by atoms with Crippen LogP contribution in [0.3, 0.4) is 0 Å². The standard InChI is InChI=1S/C29H23N3O2/c33-28-25(22-15-30-24-12-11-19(14-21(22)24)17-6-2-1-3-7-17)26(29(34)31-28)23-16-32-13-5-9-18-8-4-10-20(23)27(18)32/h1-4,6-8,10-12,14-16,30-31,33-34H,5,9,13H2. The van der Waals surface area contributed by atoms with E-state index < -0.39 is 0 Å². The second-order valence-electron chi connectivity index (χ2n) is 9.05. The summed E-state index contributed by atoms with van der Waals surface area (Å²) in [6.07, 6.45) is 6.18. The van der Waals surface area contributed by atoms with Crippen molar-refractivity contribution in [2.45, 2.75) is 19.4 Å². The van der Waals surface area contributed by atoms with Crippen LogP contribution in [0.4, 0.5) is 0 Å². The number of aromatic amines is 2. The SMILES string of the molecule is Oc1[nH]c(O)c(-c2cn3c4c(cccc24)CCC3)c1-c1c[nH]c2ccc(-c3ccccc3)cc12. The van der Waals surface area contributed by atoms with Crippen molar-refractivity contribution in [2.24, 2.45) is 0 Å². The number of hydrogen-bond donors (Lipinski definition) is 4. The van der Waals surface area contributed by atoms with Crippen molar-refractivity contribution in [2.75, 3.05) is 0 Å². The molecule has 3 aromatic carbocycles. The maximum atomic E-state index is 11.0. The molecule has 0 aliphatic carbocycles. The topological polar surface area (TPSA) is 77.0 Å². The lowest BCUT2D eigenvalue weighted by Crippen LogP contribution is -2.05. The van der Waals surface area contributed by atoms with E-state index in [9.17, 15) is 10.2 Å². The van der Waals surface area contributed by atoms with E-state index in [1.54, 1.807) is 0 Å². The van der Waals surface area contributed by atoms with Crippen LogP contribution >= 0.6 is 0 Å².